The van der Waals surface area contributed by atoms with Crippen molar-refractivity contribution in [2.45, 2.75) is 24.4 Å². The second kappa shape index (κ2) is 10.2. The molecule has 32 heavy (non-hydrogen) atoms. The summed E-state index contributed by atoms with van der Waals surface area (Å²) >= 11 is 1.28. The Morgan fingerprint density at radius 1 is 1.00 bits per heavy atom. The Kier molecular flexibility index (Phi) is 6.91. The van der Waals surface area contributed by atoms with E-state index in [0.717, 1.165) is 28.4 Å². The van der Waals surface area contributed by atoms with E-state index in [2.05, 4.69) is 22.2 Å². The molecular formula is C24H23N5O2S. The molecule has 4 rings (SSSR count). The lowest BCUT2D eigenvalue weighted by molar-refractivity contribution is -0.117. The molecule has 162 valence electrons. The molecule has 0 fully saturated rings. The second-order valence-corrected chi connectivity index (χ2v) is 7.96. The summed E-state index contributed by atoms with van der Waals surface area (Å²) in [5, 5.41) is 3.59. The first-order valence-corrected chi connectivity index (χ1v) is 11.2. The minimum atomic E-state index is -0.278. The molecule has 1 unspecified atom stereocenters. The number of hydrogen-bond donors (Lipinski definition) is 1. The van der Waals surface area contributed by atoms with Crippen molar-refractivity contribution >= 4 is 40.6 Å². The first kappa shape index (κ1) is 21.7. The van der Waals surface area contributed by atoms with Gasteiger partial charge in [0.25, 0.3) is 0 Å². The number of methoxy groups -OCH3 is 1. The van der Waals surface area contributed by atoms with Crippen molar-refractivity contribution in [3.05, 3.63) is 72.6 Å². The number of nitrogens with zero attached hydrogens (tertiary/aromatic N) is 4. The van der Waals surface area contributed by atoms with Crippen LogP contribution < -0.4 is 10.1 Å². The summed E-state index contributed by atoms with van der Waals surface area (Å²) in [6.07, 6.45) is 4.03. The van der Waals surface area contributed by atoms with E-state index < -0.39 is 0 Å². The van der Waals surface area contributed by atoms with Crippen LogP contribution in [0.3, 0.4) is 0 Å². The average molecular weight is 446 g/mol. The fourth-order valence-corrected chi connectivity index (χ4v) is 4.03. The van der Waals surface area contributed by atoms with Gasteiger partial charge in [-0.25, -0.2) is 15.0 Å². The Labute approximate surface area is 191 Å². The van der Waals surface area contributed by atoms with Gasteiger partial charge in [0, 0.05) is 18.1 Å². The zero-order valence-corrected chi connectivity index (χ0v) is 18.7. The highest BCUT2D eigenvalue weighted by molar-refractivity contribution is 7.99. The van der Waals surface area contributed by atoms with E-state index in [9.17, 15) is 4.79 Å². The average Bonchev–Trinajstić information content (AvgIpc) is 2.99. The molecule has 7 nitrogen and oxygen atoms in total. The Morgan fingerprint density at radius 2 is 1.69 bits per heavy atom. The van der Waals surface area contributed by atoms with Gasteiger partial charge in [-0.05, 0) is 42.3 Å². The van der Waals surface area contributed by atoms with Crippen molar-refractivity contribution in [1.82, 2.24) is 15.3 Å². The summed E-state index contributed by atoms with van der Waals surface area (Å²) < 4.78 is 5.31. The smallest absolute Gasteiger partial charge is 0.235 e. The van der Waals surface area contributed by atoms with Crippen molar-refractivity contribution < 1.29 is 9.53 Å². The molecule has 1 amide bonds. The highest BCUT2D eigenvalue weighted by Gasteiger charge is 2.28. The lowest BCUT2D eigenvalue weighted by Gasteiger charge is -2.21. The Bertz CT molecular complexity index is 1150. The van der Waals surface area contributed by atoms with Crippen LogP contribution in [0, 0.1) is 0 Å². The first-order valence-electron chi connectivity index (χ1n) is 10.3. The van der Waals surface area contributed by atoms with E-state index in [-0.39, 0.29) is 17.6 Å². The summed E-state index contributed by atoms with van der Waals surface area (Å²) in [5.41, 5.74) is 3.43. The van der Waals surface area contributed by atoms with Crippen molar-refractivity contribution in [3.63, 3.8) is 0 Å². The molecule has 1 aromatic heterocycles. The number of thioether (sulfide) groups is 1. The number of carbonyl (C=O) groups excluding carboxylic acids is 1. The van der Waals surface area contributed by atoms with Crippen LogP contribution in [0.4, 0.5) is 11.4 Å². The van der Waals surface area contributed by atoms with Crippen LogP contribution in [0.2, 0.25) is 0 Å². The topological polar surface area (TPSA) is 88.8 Å². The Balaban J connectivity index is 1.67. The standard InChI is InChI=1S/C24H23N5O2S/c1-3-18-22(16-9-11-17(31-2)12-10-16)23(28-20-8-5-4-7-19(20)27-18)29-21(30)15-32-24-25-13-6-14-26-24/h4-14,22H,3,15H2,1-2H3,(H,28,29,30). The van der Waals surface area contributed by atoms with Crippen molar-refractivity contribution in [2.75, 3.05) is 12.9 Å². The first-order chi connectivity index (χ1) is 15.7. The normalized spacial score (nSPS) is 15.1. The molecular weight excluding hydrogens is 422 g/mol. The molecule has 1 aliphatic heterocycles. The number of rotatable bonds is 6. The molecule has 2 aromatic carbocycles. The van der Waals surface area contributed by atoms with Gasteiger partial charge in [-0.1, -0.05) is 43.0 Å². The minimum Gasteiger partial charge on any atom is -0.497 e. The maximum absolute atomic E-state index is 12.9. The van der Waals surface area contributed by atoms with Crippen LogP contribution in [-0.4, -0.2) is 40.3 Å². The third kappa shape index (κ3) is 5.03. The molecule has 8 heteroatoms. The van der Waals surface area contributed by atoms with Crippen LogP contribution in [0.15, 0.2) is 82.1 Å². The van der Waals surface area contributed by atoms with E-state index in [1.54, 1.807) is 25.6 Å². The summed E-state index contributed by atoms with van der Waals surface area (Å²) in [6.45, 7) is 2.06. The lowest BCUT2D eigenvalue weighted by Crippen LogP contribution is -2.38. The van der Waals surface area contributed by atoms with Crippen molar-refractivity contribution in [1.29, 1.82) is 0 Å². The summed E-state index contributed by atoms with van der Waals surface area (Å²) in [4.78, 5) is 30.9. The van der Waals surface area contributed by atoms with Crippen LogP contribution >= 0.6 is 11.8 Å². The number of para-hydroxylation sites is 2. The Hall–Kier alpha value is -3.52. The second-order valence-electron chi connectivity index (χ2n) is 7.02. The van der Waals surface area contributed by atoms with Gasteiger partial charge in [-0.3, -0.25) is 9.79 Å². The number of benzene rings is 2. The maximum Gasteiger partial charge on any atom is 0.235 e. The van der Waals surface area contributed by atoms with Crippen molar-refractivity contribution in [3.8, 4) is 5.75 Å². The van der Waals surface area contributed by atoms with Gasteiger partial charge in [0.2, 0.25) is 5.91 Å². The van der Waals surface area contributed by atoms with Gasteiger partial charge in [-0.15, -0.1) is 0 Å². The molecule has 1 N–H and O–H groups in total. The number of amidine groups is 1. The molecule has 1 atom stereocenters. The van der Waals surface area contributed by atoms with E-state index >= 15 is 0 Å². The van der Waals surface area contributed by atoms with Crippen molar-refractivity contribution in [2.24, 2.45) is 9.98 Å². The van der Waals surface area contributed by atoms with Crippen LogP contribution in [0.25, 0.3) is 0 Å². The summed E-state index contributed by atoms with van der Waals surface area (Å²) in [6, 6.07) is 17.2. The zero-order valence-electron chi connectivity index (χ0n) is 17.9. The molecule has 0 spiro atoms. The third-order valence-electron chi connectivity index (χ3n) is 4.95. The highest BCUT2D eigenvalue weighted by Crippen LogP contribution is 2.35. The van der Waals surface area contributed by atoms with Crippen LogP contribution in [-0.2, 0) is 4.79 Å². The molecule has 0 saturated carbocycles. The number of aliphatic imine (C=N–C) groups is 2. The van der Waals surface area contributed by atoms with E-state index in [0.29, 0.717) is 17.4 Å². The SMILES string of the molecule is CCC1=Nc2ccccc2N=C(NC(=O)CSc2ncccn2)C1c1ccc(OC)cc1. The molecule has 0 aliphatic carbocycles. The van der Waals surface area contributed by atoms with Gasteiger partial charge in [0.1, 0.15) is 11.6 Å². The van der Waals surface area contributed by atoms with Gasteiger partial charge in [-0.2, -0.15) is 0 Å². The zero-order chi connectivity index (χ0) is 22.3. The van der Waals surface area contributed by atoms with Gasteiger partial charge >= 0.3 is 0 Å². The summed E-state index contributed by atoms with van der Waals surface area (Å²) in [7, 11) is 1.64. The lowest BCUT2D eigenvalue weighted by atomic mass is 9.91. The fourth-order valence-electron chi connectivity index (χ4n) is 3.42. The maximum atomic E-state index is 12.9. The minimum absolute atomic E-state index is 0.172. The number of aromatic nitrogens is 2. The molecule has 0 saturated heterocycles. The third-order valence-corrected chi connectivity index (χ3v) is 5.82. The largest absolute Gasteiger partial charge is 0.497 e. The number of ether oxygens (including phenoxy) is 1. The van der Waals surface area contributed by atoms with Gasteiger partial charge in [0.05, 0.1) is 30.2 Å². The summed E-state index contributed by atoms with van der Waals surface area (Å²) in [5.74, 6) is 1.05. The number of amides is 1. The van der Waals surface area contributed by atoms with Crippen LogP contribution in [0.5, 0.6) is 5.75 Å². The highest BCUT2D eigenvalue weighted by atomic mass is 32.2. The van der Waals surface area contributed by atoms with E-state index in [1.165, 1.54) is 11.8 Å². The molecule has 0 radical (unpaired) electrons. The number of fused-ring (bicyclic) bond motifs is 1. The van der Waals surface area contributed by atoms with Crippen LogP contribution in [0.1, 0.15) is 24.8 Å². The van der Waals surface area contributed by atoms with Gasteiger partial charge < -0.3 is 10.1 Å². The van der Waals surface area contributed by atoms with Gasteiger partial charge in [0.15, 0.2) is 5.16 Å². The number of carbonyl (C=O) groups is 1. The predicted molar refractivity (Wildman–Crippen MR) is 128 cm³/mol. The quantitative estimate of drug-likeness (QED) is 0.439. The molecule has 1 aliphatic rings. The predicted octanol–water partition coefficient (Wildman–Crippen LogP) is 4.70. The van der Waals surface area contributed by atoms with E-state index in [1.807, 2.05) is 48.5 Å². The number of hydrogen-bond acceptors (Lipinski definition) is 7. The monoisotopic (exact) mass is 445 g/mol. The molecule has 2 heterocycles. The molecule has 3 aromatic rings. The number of nitrogens with one attached hydrogen (secondary N) is 1. The fraction of sp³-hybridized carbons (Fsp3) is 0.208. The van der Waals surface area contributed by atoms with E-state index in [4.69, 9.17) is 14.7 Å². The molecule has 0 bridgehead atoms. The Morgan fingerprint density at radius 3 is 2.34 bits per heavy atom.